The SMILES string of the molecule is CC(c1nc(-c2ccc(C#N)cc2)cs1)S(C)(=O)=O. The van der Waals surface area contributed by atoms with E-state index in [1.165, 1.54) is 17.6 Å². The summed E-state index contributed by atoms with van der Waals surface area (Å²) in [6.45, 7) is 1.64. The lowest BCUT2D eigenvalue weighted by molar-refractivity contribution is 0.592. The Morgan fingerprint density at radius 2 is 1.95 bits per heavy atom. The molecule has 0 fully saturated rings. The van der Waals surface area contributed by atoms with Gasteiger partial charge in [-0.1, -0.05) is 12.1 Å². The minimum Gasteiger partial charge on any atom is -0.240 e. The van der Waals surface area contributed by atoms with E-state index in [0.29, 0.717) is 10.6 Å². The van der Waals surface area contributed by atoms with Crippen molar-refractivity contribution >= 4 is 21.2 Å². The topological polar surface area (TPSA) is 70.8 Å². The predicted molar refractivity (Wildman–Crippen MR) is 75.5 cm³/mol. The van der Waals surface area contributed by atoms with E-state index in [1.54, 1.807) is 19.1 Å². The van der Waals surface area contributed by atoms with Gasteiger partial charge in [-0.05, 0) is 19.1 Å². The van der Waals surface area contributed by atoms with Crippen LogP contribution in [0.1, 0.15) is 22.7 Å². The lowest BCUT2D eigenvalue weighted by Crippen LogP contribution is -2.07. The highest BCUT2D eigenvalue weighted by atomic mass is 32.2. The van der Waals surface area contributed by atoms with Gasteiger partial charge in [-0.3, -0.25) is 0 Å². The van der Waals surface area contributed by atoms with Crippen LogP contribution in [-0.2, 0) is 9.84 Å². The van der Waals surface area contributed by atoms with E-state index in [9.17, 15) is 8.42 Å². The highest BCUT2D eigenvalue weighted by molar-refractivity contribution is 7.91. The van der Waals surface area contributed by atoms with Crippen LogP contribution in [0.3, 0.4) is 0 Å². The molecule has 0 aliphatic rings. The van der Waals surface area contributed by atoms with Gasteiger partial charge in [-0.25, -0.2) is 13.4 Å². The Labute approximate surface area is 116 Å². The zero-order chi connectivity index (χ0) is 14.0. The summed E-state index contributed by atoms with van der Waals surface area (Å²) in [5.41, 5.74) is 2.20. The zero-order valence-electron chi connectivity index (χ0n) is 10.5. The molecule has 0 radical (unpaired) electrons. The molecule has 1 unspecified atom stereocenters. The molecule has 0 saturated heterocycles. The van der Waals surface area contributed by atoms with Crippen molar-refractivity contribution in [2.24, 2.45) is 0 Å². The fourth-order valence-corrected chi connectivity index (χ4v) is 3.38. The molecule has 19 heavy (non-hydrogen) atoms. The van der Waals surface area contributed by atoms with Crippen molar-refractivity contribution in [3.63, 3.8) is 0 Å². The van der Waals surface area contributed by atoms with Crippen LogP contribution in [0.5, 0.6) is 0 Å². The van der Waals surface area contributed by atoms with E-state index in [0.717, 1.165) is 11.3 Å². The Morgan fingerprint density at radius 1 is 1.32 bits per heavy atom. The summed E-state index contributed by atoms with van der Waals surface area (Å²) in [6.07, 6.45) is 1.21. The molecule has 0 amide bonds. The Morgan fingerprint density at radius 3 is 2.47 bits per heavy atom. The van der Waals surface area contributed by atoms with Crippen molar-refractivity contribution in [3.05, 3.63) is 40.2 Å². The summed E-state index contributed by atoms with van der Waals surface area (Å²) in [7, 11) is -3.13. The van der Waals surface area contributed by atoms with E-state index in [-0.39, 0.29) is 0 Å². The predicted octanol–water partition coefficient (Wildman–Crippen LogP) is 2.79. The molecule has 98 valence electrons. The lowest BCUT2D eigenvalue weighted by Gasteiger charge is -2.04. The molecule has 1 aromatic heterocycles. The van der Waals surface area contributed by atoms with Crippen LogP contribution in [0.15, 0.2) is 29.6 Å². The van der Waals surface area contributed by atoms with Gasteiger partial charge in [0.2, 0.25) is 0 Å². The molecule has 0 aliphatic carbocycles. The van der Waals surface area contributed by atoms with Crippen molar-refractivity contribution in [3.8, 4) is 17.3 Å². The first-order valence-corrected chi connectivity index (χ1v) is 8.40. The van der Waals surface area contributed by atoms with Crippen LogP contribution in [0.2, 0.25) is 0 Å². The standard InChI is InChI=1S/C13H12N2O2S2/c1-9(19(2,16)17)13-15-12(8-18-13)11-5-3-10(7-14)4-6-11/h3-6,8-9H,1-2H3. The Balaban J connectivity index is 2.33. The third kappa shape index (κ3) is 3.00. The summed E-state index contributed by atoms with van der Waals surface area (Å²) < 4.78 is 23.0. The Kier molecular flexibility index (Phi) is 3.69. The number of thiazole rings is 1. The minimum absolute atomic E-state index is 0.585. The number of benzene rings is 1. The largest absolute Gasteiger partial charge is 0.240 e. The molecule has 0 aliphatic heterocycles. The van der Waals surface area contributed by atoms with Crippen LogP contribution >= 0.6 is 11.3 Å². The van der Waals surface area contributed by atoms with Crippen molar-refractivity contribution in [1.29, 1.82) is 5.26 Å². The smallest absolute Gasteiger partial charge is 0.156 e. The number of hydrogen-bond acceptors (Lipinski definition) is 5. The number of nitriles is 1. The molecular formula is C13H12N2O2S2. The molecule has 0 bridgehead atoms. The van der Waals surface area contributed by atoms with E-state index < -0.39 is 15.1 Å². The van der Waals surface area contributed by atoms with Gasteiger partial charge in [0.05, 0.1) is 17.3 Å². The average molecular weight is 292 g/mol. The fourth-order valence-electron chi connectivity index (χ4n) is 1.51. The fraction of sp³-hybridized carbons (Fsp3) is 0.231. The van der Waals surface area contributed by atoms with Gasteiger partial charge in [0.15, 0.2) is 9.84 Å². The normalized spacial score (nSPS) is 12.9. The summed E-state index contributed by atoms with van der Waals surface area (Å²) in [5, 5.41) is 10.6. The first kappa shape index (κ1) is 13.7. The van der Waals surface area contributed by atoms with E-state index in [4.69, 9.17) is 5.26 Å². The van der Waals surface area contributed by atoms with E-state index >= 15 is 0 Å². The van der Waals surface area contributed by atoms with Gasteiger partial charge in [-0.2, -0.15) is 5.26 Å². The summed E-state index contributed by atoms with van der Waals surface area (Å²) in [6, 6.07) is 9.10. The summed E-state index contributed by atoms with van der Waals surface area (Å²) in [5.74, 6) is 0. The third-order valence-electron chi connectivity index (χ3n) is 2.82. The number of nitrogens with zero attached hydrogens (tertiary/aromatic N) is 2. The number of aromatic nitrogens is 1. The van der Waals surface area contributed by atoms with Gasteiger partial charge in [0.25, 0.3) is 0 Å². The molecule has 1 heterocycles. The minimum atomic E-state index is -3.13. The highest BCUT2D eigenvalue weighted by Crippen LogP contribution is 2.28. The third-order valence-corrected chi connectivity index (χ3v) is 5.51. The molecule has 2 rings (SSSR count). The van der Waals surface area contributed by atoms with Gasteiger partial charge >= 0.3 is 0 Å². The second-order valence-electron chi connectivity index (χ2n) is 4.23. The maximum absolute atomic E-state index is 11.5. The molecule has 0 spiro atoms. The molecule has 2 aromatic rings. The maximum Gasteiger partial charge on any atom is 0.156 e. The van der Waals surface area contributed by atoms with Gasteiger partial charge in [-0.15, -0.1) is 11.3 Å². The quantitative estimate of drug-likeness (QED) is 0.872. The zero-order valence-corrected chi connectivity index (χ0v) is 12.1. The number of sulfone groups is 1. The molecule has 1 aromatic carbocycles. The summed E-state index contributed by atoms with van der Waals surface area (Å²) in [4.78, 5) is 4.36. The molecule has 4 nitrogen and oxygen atoms in total. The number of hydrogen-bond donors (Lipinski definition) is 0. The first-order chi connectivity index (χ1) is 8.91. The highest BCUT2D eigenvalue weighted by Gasteiger charge is 2.20. The maximum atomic E-state index is 11.5. The molecule has 0 saturated carbocycles. The molecule has 1 atom stereocenters. The second-order valence-corrected chi connectivity index (χ2v) is 7.49. The van der Waals surface area contributed by atoms with Crippen molar-refractivity contribution in [2.45, 2.75) is 12.2 Å². The van der Waals surface area contributed by atoms with Crippen molar-refractivity contribution in [2.75, 3.05) is 6.26 Å². The molecule has 6 heteroatoms. The summed E-state index contributed by atoms with van der Waals surface area (Å²) >= 11 is 1.33. The van der Waals surface area contributed by atoms with E-state index in [2.05, 4.69) is 11.1 Å². The second kappa shape index (κ2) is 5.11. The van der Waals surface area contributed by atoms with Crippen molar-refractivity contribution < 1.29 is 8.42 Å². The van der Waals surface area contributed by atoms with Gasteiger partial charge in [0.1, 0.15) is 10.3 Å². The van der Waals surface area contributed by atoms with Gasteiger partial charge < -0.3 is 0 Å². The lowest BCUT2D eigenvalue weighted by atomic mass is 10.1. The first-order valence-electron chi connectivity index (χ1n) is 5.56. The average Bonchev–Trinajstić information content (AvgIpc) is 2.86. The van der Waals surface area contributed by atoms with Gasteiger partial charge in [0, 0.05) is 17.2 Å². The van der Waals surface area contributed by atoms with Crippen LogP contribution in [-0.4, -0.2) is 19.7 Å². The molecular weight excluding hydrogens is 280 g/mol. The van der Waals surface area contributed by atoms with Crippen LogP contribution < -0.4 is 0 Å². The Hall–Kier alpha value is -1.71. The van der Waals surface area contributed by atoms with Crippen LogP contribution in [0, 0.1) is 11.3 Å². The van der Waals surface area contributed by atoms with Crippen LogP contribution in [0.4, 0.5) is 0 Å². The monoisotopic (exact) mass is 292 g/mol. The van der Waals surface area contributed by atoms with Crippen LogP contribution in [0.25, 0.3) is 11.3 Å². The van der Waals surface area contributed by atoms with Crippen molar-refractivity contribution in [1.82, 2.24) is 4.98 Å². The Bertz CT molecular complexity index is 725. The molecule has 0 N–H and O–H groups in total. The van der Waals surface area contributed by atoms with E-state index in [1.807, 2.05) is 17.5 Å². The number of rotatable bonds is 3.